The lowest BCUT2D eigenvalue weighted by atomic mass is 10.2. The van der Waals surface area contributed by atoms with Crippen molar-refractivity contribution in [1.82, 2.24) is 15.1 Å². The summed E-state index contributed by atoms with van der Waals surface area (Å²) in [5.74, 6) is 2.44. The number of hydrogen-bond donors (Lipinski definition) is 2. The Hall–Kier alpha value is -2.60. The molecule has 2 aromatic heterocycles. The molecule has 0 unspecified atom stereocenters. The van der Waals surface area contributed by atoms with E-state index in [0.29, 0.717) is 22.6 Å². The van der Waals surface area contributed by atoms with Crippen LogP contribution in [0.3, 0.4) is 0 Å². The Morgan fingerprint density at radius 1 is 0.957 bits per heavy atom. The van der Waals surface area contributed by atoms with E-state index in [1.165, 1.54) is 0 Å². The normalized spacial score (nSPS) is 10.6. The molecule has 0 saturated carbocycles. The van der Waals surface area contributed by atoms with Crippen LogP contribution in [0.4, 0.5) is 23.3 Å². The third-order valence-electron chi connectivity index (χ3n) is 3.17. The van der Waals surface area contributed by atoms with Crippen molar-refractivity contribution in [3.8, 4) is 0 Å². The van der Waals surface area contributed by atoms with E-state index in [1.54, 1.807) is 6.07 Å². The van der Waals surface area contributed by atoms with Crippen molar-refractivity contribution in [3.63, 3.8) is 0 Å². The van der Waals surface area contributed by atoms with Gasteiger partial charge < -0.3 is 15.2 Å². The first-order valence-electron chi connectivity index (χ1n) is 7.09. The highest BCUT2D eigenvalue weighted by Gasteiger charge is 2.06. The Morgan fingerprint density at radius 3 is 2.48 bits per heavy atom. The van der Waals surface area contributed by atoms with Gasteiger partial charge in [0.25, 0.3) is 0 Å². The molecule has 2 heterocycles. The first-order valence-corrected chi connectivity index (χ1v) is 7.46. The van der Waals surface area contributed by atoms with Crippen molar-refractivity contribution in [1.29, 1.82) is 0 Å². The molecule has 1 aromatic carbocycles. The highest BCUT2D eigenvalue weighted by Crippen LogP contribution is 2.23. The number of hydrogen-bond acceptors (Lipinski definition) is 6. The summed E-state index contributed by atoms with van der Waals surface area (Å²) in [6.45, 7) is 5.68. The number of aromatic nitrogens is 3. The number of rotatable bonds is 4. The van der Waals surface area contributed by atoms with Gasteiger partial charge in [-0.05, 0) is 38.5 Å². The zero-order valence-corrected chi connectivity index (χ0v) is 13.8. The number of benzene rings is 1. The summed E-state index contributed by atoms with van der Waals surface area (Å²) < 4.78 is 5.03. The van der Waals surface area contributed by atoms with Gasteiger partial charge >= 0.3 is 0 Å². The Balaban J connectivity index is 1.83. The summed E-state index contributed by atoms with van der Waals surface area (Å²) in [5, 5.41) is 10.8. The standard InChI is InChI=1S/C16H16ClN5O/c1-9-4-5-12(8-13(9)17)19-16-18-10(2)6-14(21-16)20-15-7-11(3)23-22-15/h4-8H,1-3H3,(H2,18,19,20,21,22). The Bertz CT molecular complexity index is 846. The van der Waals surface area contributed by atoms with Crippen LogP contribution in [0.15, 0.2) is 34.9 Å². The molecule has 2 N–H and O–H groups in total. The average Bonchev–Trinajstić information content (AvgIpc) is 2.87. The van der Waals surface area contributed by atoms with Crippen LogP contribution in [-0.2, 0) is 0 Å². The number of anilines is 4. The largest absolute Gasteiger partial charge is 0.360 e. The van der Waals surface area contributed by atoms with Crippen LogP contribution in [0.1, 0.15) is 17.0 Å². The molecule has 23 heavy (non-hydrogen) atoms. The minimum atomic E-state index is 0.479. The predicted octanol–water partition coefficient (Wildman–Crippen LogP) is 4.53. The molecule has 3 aromatic rings. The molecule has 0 amide bonds. The van der Waals surface area contributed by atoms with Gasteiger partial charge in [0.1, 0.15) is 11.6 Å². The number of nitrogens with one attached hydrogen (secondary N) is 2. The molecule has 0 atom stereocenters. The van der Waals surface area contributed by atoms with Gasteiger partial charge in [-0.15, -0.1) is 0 Å². The topological polar surface area (TPSA) is 75.9 Å². The van der Waals surface area contributed by atoms with Gasteiger partial charge in [0, 0.05) is 28.5 Å². The second-order valence-electron chi connectivity index (χ2n) is 5.25. The van der Waals surface area contributed by atoms with Gasteiger partial charge in [-0.2, -0.15) is 4.98 Å². The van der Waals surface area contributed by atoms with Crippen LogP contribution in [0.25, 0.3) is 0 Å². The molecule has 0 aliphatic rings. The van der Waals surface area contributed by atoms with Crippen LogP contribution in [0.5, 0.6) is 0 Å². The summed E-state index contributed by atoms with van der Waals surface area (Å²) in [4.78, 5) is 8.81. The van der Waals surface area contributed by atoms with E-state index in [2.05, 4.69) is 25.8 Å². The van der Waals surface area contributed by atoms with E-state index in [-0.39, 0.29) is 0 Å². The maximum Gasteiger partial charge on any atom is 0.229 e. The predicted molar refractivity (Wildman–Crippen MR) is 90.8 cm³/mol. The van der Waals surface area contributed by atoms with E-state index < -0.39 is 0 Å². The van der Waals surface area contributed by atoms with Gasteiger partial charge in [-0.25, -0.2) is 4.98 Å². The number of halogens is 1. The molecule has 0 fully saturated rings. The van der Waals surface area contributed by atoms with Gasteiger partial charge in [-0.3, -0.25) is 0 Å². The smallest absolute Gasteiger partial charge is 0.229 e. The second-order valence-corrected chi connectivity index (χ2v) is 5.66. The van der Waals surface area contributed by atoms with Crippen molar-refractivity contribution in [2.45, 2.75) is 20.8 Å². The molecule has 7 heteroatoms. The van der Waals surface area contributed by atoms with Crippen molar-refractivity contribution >= 4 is 34.9 Å². The molecule has 0 aliphatic heterocycles. The van der Waals surface area contributed by atoms with Crippen molar-refractivity contribution < 1.29 is 4.52 Å². The SMILES string of the molecule is Cc1cc(Nc2cc(C)on2)nc(Nc2ccc(C)c(Cl)c2)n1. The number of aryl methyl sites for hydroxylation is 3. The zero-order valence-electron chi connectivity index (χ0n) is 13.0. The highest BCUT2D eigenvalue weighted by molar-refractivity contribution is 6.31. The summed E-state index contributed by atoms with van der Waals surface area (Å²) in [6, 6.07) is 9.34. The first kappa shape index (κ1) is 15.3. The molecular formula is C16H16ClN5O. The maximum atomic E-state index is 6.14. The zero-order chi connectivity index (χ0) is 16.4. The van der Waals surface area contributed by atoms with E-state index in [0.717, 1.165) is 22.7 Å². The van der Waals surface area contributed by atoms with Crippen molar-refractivity contribution in [2.75, 3.05) is 10.6 Å². The van der Waals surface area contributed by atoms with Crippen LogP contribution in [0, 0.1) is 20.8 Å². The summed E-state index contributed by atoms with van der Waals surface area (Å²) in [6.07, 6.45) is 0. The fourth-order valence-electron chi connectivity index (χ4n) is 2.04. The Kier molecular flexibility index (Phi) is 4.16. The quantitative estimate of drug-likeness (QED) is 0.732. The average molecular weight is 330 g/mol. The molecule has 6 nitrogen and oxygen atoms in total. The van der Waals surface area contributed by atoms with Gasteiger partial charge in [0.2, 0.25) is 5.95 Å². The second kappa shape index (κ2) is 6.26. The van der Waals surface area contributed by atoms with E-state index in [4.69, 9.17) is 16.1 Å². The van der Waals surface area contributed by atoms with Crippen molar-refractivity contribution in [2.24, 2.45) is 0 Å². The lowest BCUT2D eigenvalue weighted by Gasteiger charge is -2.09. The molecular weight excluding hydrogens is 314 g/mol. The molecule has 0 radical (unpaired) electrons. The lowest BCUT2D eigenvalue weighted by Crippen LogP contribution is -2.02. The molecule has 0 bridgehead atoms. The minimum absolute atomic E-state index is 0.479. The van der Waals surface area contributed by atoms with Crippen LogP contribution < -0.4 is 10.6 Å². The third-order valence-corrected chi connectivity index (χ3v) is 3.57. The van der Waals surface area contributed by atoms with E-state index >= 15 is 0 Å². The molecule has 0 aliphatic carbocycles. The van der Waals surface area contributed by atoms with Crippen LogP contribution >= 0.6 is 11.6 Å². The number of nitrogens with zero attached hydrogens (tertiary/aromatic N) is 3. The van der Waals surface area contributed by atoms with E-state index in [1.807, 2.05) is 45.0 Å². The minimum Gasteiger partial charge on any atom is -0.360 e. The summed E-state index contributed by atoms with van der Waals surface area (Å²) in [5.41, 5.74) is 2.67. The lowest BCUT2D eigenvalue weighted by molar-refractivity contribution is 0.400. The van der Waals surface area contributed by atoms with E-state index in [9.17, 15) is 0 Å². The van der Waals surface area contributed by atoms with Crippen molar-refractivity contribution in [3.05, 3.63) is 52.4 Å². The van der Waals surface area contributed by atoms with Crippen LogP contribution in [0.2, 0.25) is 5.02 Å². The fraction of sp³-hybridized carbons (Fsp3) is 0.188. The fourth-order valence-corrected chi connectivity index (χ4v) is 2.23. The van der Waals surface area contributed by atoms with Gasteiger partial charge in [0.05, 0.1) is 0 Å². The Morgan fingerprint density at radius 2 is 1.78 bits per heavy atom. The Labute approximate surface area is 138 Å². The van der Waals surface area contributed by atoms with Gasteiger partial charge in [-0.1, -0.05) is 22.8 Å². The molecule has 0 spiro atoms. The summed E-state index contributed by atoms with van der Waals surface area (Å²) in [7, 11) is 0. The summed E-state index contributed by atoms with van der Waals surface area (Å²) >= 11 is 6.14. The molecule has 0 saturated heterocycles. The first-order chi connectivity index (χ1) is 11.0. The monoisotopic (exact) mass is 329 g/mol. The van der Waals surface area contributed by atoms with Gasteiger partial charge in [0.15, 0.2) is 5.82 Å². The highest BCUT2D eigenvalue weighted by atomic mass is 35.5. The van der Waals surface area contributed by atoms with Crippen LogP contribution in [-0.4, -0.2) is 15.1 Å². The molecule has 3 rings (SSSR count). The third kappa shape index (κ3) is 3.78. The maximum absolute atomic E-state index is 6.14. The molecule has 118 valence electrons.